The number of hydrogen-bond donors (Lipinski definition) is 1. The third kappa shape index (κ3) is 5.17. The molecule has 1 aliphatic heterocycles. The Morgan fingerprint density at radius 3 is 1.88 bits per heavy atom. The lowest BCUT2D eigenvalue weighted by molar-refractivity contribution is -0.142. The maximum atomic E-state index is 13.4. The van der Waals surface area contributed by atoms with Gasteiger partial charge in [0, 0.05) is 12.7 Å². The first-order chi connectivity index (χ1) is 19.2. The molecule has 0 spiro atoms. The minimum Gasteiger partial charge on any atom is -0.443 e. The van der Waals surface area contributed by atoms with Crippen molar-refractivity contribution in [1.82, 2.24) is 14.5 Å². The summed E-state index contributed by atoms with van der Waals surface area (Å²) in [6.07, 6.45) is 2.69. The van der Waals surface area contributed by atoms with Gasteiger partial charge in [0.1, 0.15) is 17.2 Å². The summed E-state index contributed by atoms with van der Waals surface area (Å²) in [6.45, 7) is 5.55. The zero-order valence-corrected chi connectivity index (χ0v) is 23.1. The summed E-state index contributed by atoms with van der Waals surface area (Å²) in [7, 11) is 0. The van der Waals surface area contributed by atoms with Gasteiger partial charge in [0.15, 0.2) is 0 Å². The molecule has 7 nitrogen and oxygen atoms in total. The summed E-state index contributed by atoms with van der Waals surface area (Å²) in [5, 5.41) is 11.5. The van der Waals surface area contributed by atoms with Gasteiger partial charge in [0.05, 0.1) is 17.9 Å². The number of imidazole rings is 1. The van der Waals surface area contributed by atoms with E-state index in [9.17, 15) is 14.7 Å². The van der Waals surface area contributed by atoms with Crippen LogP contribution >= 0.6 is 0 Å². The number of amides is 2. The molecule has 7 heteroatoms. The number of aromatic nitrogens is 2. The SMILES string of the molecule is CC(C)(C)OC(=O)N1CCCC(C(O)c2cn(C(c3ccccc3)(c3ccccc3)c3ccccc3)cn2)C1=O. The Hall–Kier alpha value is -4.23. The third-order valence-corrected chi connectivity index (χ3v) is 7.34. The maximum absolute atomic E-state index is 13.4. The number of likely N-dealkylation sites (tertiary alicyclic amines) is 1. The van der Waals surface area contributed by atoms with Crippen LogP contribution in [-0.2, 0) is 15.1 Å². The van der Waals surface area contributed by atoms with Gasteiger partial charge in [-0.1, -0.05) is 91.0 Å². The van der Waals surface area contributed by atoms with Gasteiger partial charge in [-0.3, -0.25) is 4.79 Å². The molecular formula is C33H35N3O4. The number of aliphatic hydroxyl groups excluding tert-OH is 1. The number of hydrogen-bond acceptors (Lipinski definition) is 5. The van der Waals surface area contributed by atoms with E-state index in [0.29, 0.717) is 18.5 Å². The zero-order valence-electron chi connectivity index (χ0n) is 23.1. The summed E-state index contributed by atoms with van der Waals surface area (Å²) in [5.41, 5.74) is 1.93. The highest BCUT2D eigenvalue weighted by Crippen LogP contribution is 2.41. The van der Waals surface area contributed by atoms with Crippen molar-refractivity contribution in [3.05, 3.63) is 126 Å². The van der Waals surface area contributed by atoms with Crippen LogP contribution in [0.3, 0.4) is 0 Å². The minimum atomic E-state index is -1.18. The summed E-state index contributed by atoms with van der Waals surface area (Å²) >= 11 is 0. The van der Waals surface area contributed by atoms with Crippen LogP contribution in [0.25, 0.3) is 0 Å². The van der Waals surface area contributed by atoms with Gasteiger partial charge in [-0.2, -0.15) is 0 Å². The van der Waals surface area contributed by atoms with Crippen molar-refractivity contribution < 1.29 is 19.4 Å². The highest BCUT2D eigenvalue weighted by atomic mass is 16.6. The molecule has 2 amide bonds. The Bertz CT molecular complexity index is 1350. The van der Waals surface area contributed by atoms with E-state index in [1.807, 2.05) is 65.4 Å². The molecule has 5 rings (SSSR count). The van der Waals surface area contributed by atoms with Gasteiger partial charge in [-0.05, 0) is 50.3 Å². The highest BCUT2D eigenvalue weighted by molar-refractivity contribution is 5.94. The first kappa shape index (κ1) is 27.3. The number of ether oxygens (including phenoxy) is 1. The molecule has 0 aliphatic carbocycles. The van der Waals surface area contributed by atoms with Gasteiger partial charge in [-0.15, -0.1) is 0 Å². The molecule has 206 valence electrons. The van der Waals surface area contributed by atoms with Crippen LogP contribution in [0.5, 0.6) is 0 Å². The largest absolute Gasteiger partial charge is 0.443 e. The summed E-state index contributed by atoms with van der Waals surface area (Å²) in [5.74, 6) is -1.24. The molecule has 1 aliphatic rings. The van der Waals surface area contributed by atoms with Crippen molar-refractivity contribution in [3.8, 4) is 0 Å². The van der Waals surface area contributed by atoms with Gasteiger partial charge in [-0.25, -0.2) is 14.7 Å². The Labute approximate surface area is 235 Å². The molecule has 2 unspecified atom stereocenters. The highest BCUT2D eigenvalue weighted by Gasteiger charge is 2.42. The number of aliphatic hydroxyl groups is 1. The fourth-order valence-corrected chi connectivity index (χ4v) is 5.56. The molecule has 1 N–H and O–H groups in total. The molecule has 1 aromatic heterocycles. The van der Waals surface area contributed by atoms with E-state index in [2.05, 4.69) is 41.4 Å². The predicted octanol–water partition coefficient (Wildman–Crippen LogP) is 5.93. The number of carbonyl (C=O) groups is 2. The van der Waals surface area contributed by atoms with Gasteiger partial charge < -0.3 is 14.4 Å². The zero-order chi connectivity index (χ0) is 28.3. The van der Waals surface area contributed by atoms with Crippen LogP contribution in [0.4, 0.5) is 4.79 Å². The van der Waals surface area contributed by atoms with Crippen LogP contribution in [-0.4, -0.2) is 43.7 Å². The van der Waals surface area contributed by atoms with E-state index in [4.69, 9.17) is 4.74 Å². The van der Waals surface area contributed by atoms with Crippen LogP contribution in [0.2, 0.25) is 0 Å². The van der Waals surface area contributed by atoms with Crippen LogP contribution < -0.4 is 0 Å². The van der Waals surface area contributed by atoms with Crippen molar-refractivity contribution in [3.63, 3.8) is 0 Å². The van der Waals surface area contributed by atoms with Crippen LogP contribution in [0, 0.1) is 5.92 Å². The maximum Gasteiger partial charge on any atom is 0.417 e. The molecule has 40 heavy (non-hydrogen) atoms. The van der Waals surface area contributed by atoms with E-state index in [0.717, 1.165) is 21.6 Å². The van der Waals surface area contributed by atoms with Gasteiger partial charge in [0.25, 0.3) is 0 Å². The Kier molecular flexibility index (Phi) is 7.59. The van der Waals surface area contributed by atoms with Crippen LogP contribution in [0.1, 0.15) is 62.1 Å². The van der Waals surface area contributed by atoms with Crippen molar-refractivity contribution in [1.29, 1.82) is 0 Å². The Balaban J connectivity index is 1.56. The number of nitrogens with zero attached hydrogens (tertiary/aromatic N) is 3. The monoisotopic (exact) mass is 537 g/mol. The van der Waals surface area contributed by atoms with Crippen LogP contribution in [0.15, 0.2) is 104 Å². The average Bonchev–Trinajstić information content (AvgIpc) is 3.45. The van der Waals surface area contributed by atoms with E-state index in [-0.39, 0.29) is 6.54 Å². The standard InChI is InChI=1S/C33H35N3O4/c1-32(2,3)40-31(39)36-21-13-20-27(30(36)38)29(37)28-22-35(23-34-28)33(24-14-7-4-8-15-24,25-16-9-5-10-17-25)26-18-11-6-12-19-26/h4-12,14-19,22-23,27,29,37H,13,20-21H2,1-3H3. The van der Waals surface area contributed by atoms with E-state index >= 15 is 0 Å². The normalized spacial score (nSPS) is 16.9. The van der Waals surface area contributed by atoms with Crippen molar-refractivity contribution in [2.45, 2.75) is 50.9 Å². The second-order valence-electron chi connectivity index (χ2n) is 11.2. The predicted molar refractivity (Wildman–Crippen MR) is 152 cm³/mol. The molecule has 0 saturated carbocycles. The lowest BCUT2D eigenvalue weighted by atomic mass is 9.76. The number of imide groups is 1. The Morgan fingerprint density at radius 2 is 1.40 bits per heavy atom. The van der Waals surface area contributed by atoms with Crippen molar-refractivity contribution >= 4 is 12.0 Å². The number of benzene rings is 3. The smallest absolute Gasteiger partial charge is 0.417 e. The first-order valence-corrected chi connectivity index (χ1v) is 13.6. The molecule has 1 saturated heterocycles. The molecule has 3 aromatic carbocycles. The summed E-state index contributed by atoms with van der Waals surface area (Å²) < 4.78 is 7.45. The van der Waals surface area contributed by atoms with Crippen molar-refractivity contribution in [2.24, 2.45) is 5.92 Å². The summed E-state index contributed by atoms with van der Waals surface area (Å²) in [4.78, 5) is 31.8. The molecule has 0 radical (unpaired) electrons. The second kappa shape index (κ2) is 11.1. The lowest BCUT2D eigenvalue weighted by Gasteiger charge is -2.37. The molecule has 0 bridgehead atoms. The molecule has 4 aromatic rings. The van der Waals surface area contributed by atoms with E-state index in [1.165, 1.54) is 0 Å². The summed E-state index contributed by atoms with van der Waals surface area (Å²) in [6, 6.07) is 30.5. The van der Waals surface area contributed by atoms with Gasteiger partial charge in [0.2, 0.25) is 5.91 Å². The van der Waals surface area contributed by atoms with E-state index in [1.54, 1.807) is 27.1 Å². The quantitative estimate of drug-likeness (QED) is 0.308. The molecule has 2 heterocycles. The lowest BCUT2D eigenvalue weighted by Crippen LogP contribution is -2.48. The van der Waals surface area contributed by atoms with Gasteiger partial charge >= 0.3 is 6.09 Å². The minimum absolute atomic E-state index is 0.268. The molecular weight excluding hydrogens is 502 g/mol. The fourth-order valence-electron chi connectivity index (χ4n) is 5.56. The second-order valence-corrected chi connectivity index (χ2v) is 11.2. The Morgan fingerprint density at radius 1 is 0.900 bits per heavy atom. The number of rotatable bonds is 6. The molecule has 1 fully saturated rings. The van der Waals surface area contributed by atoms with Crippen molar-refractivity contribution in [2.75, 3.05) is 6.54 Å². The first-order valence-electron chi connectivity index (χ1n) is 13.6. The topological polar surface area (TPSA) is 84.7 Å². The fraction of sp³-hybridized carbons (Fsp3) is 0.303. The molecule has 2 atom stereocenters. The number of piperidine rings is 1. The average molecular weight is 538 g/mol. The third-order valence-electron chi connectivity index (χ3n) is 7.34. The van der Waals surface area contributed by atoms with E-state index < -0.39 is 35.2 Å². The number of carbonyl (C=O) groups excluding carboxylic acids is 2.